The lowest BCUT2D eigenvalue weighted by Crippen LogP contribution is -2.20. The largest absolute Gasteiger partial charge is 0.322 e. The van der Waals surface area contributed by atoms with Gasteiger partial charge < -0.3 is 10.6 Å². The van der Waals surface area contributed by atoms with Gasteiger partial charge in [-0.25, -0.2) is 13.1 Å². The zero-order valence-corrected chi connectivity index (χ0v) is 19.3. The Bertz CT molecular complexity index is 1250. The summed E-state index contributed by atoms with van der Waals surface area (Å²) >= 11 is 6.90. The second-order valence-electron chi connectivity index (χ2n) is 6.73. The number of anilines is 2. The maximum absolute atomic E-state index is 12.9. The first-order valence-electron chi connectivity index (χ1n) is 9.13. The molecule has 0 saturated carbocycles. The van der Waals surface area contributed by atoms with Crippen LogP contribution < -0.4 is 15.4 Å². The number of benzene rings is 2. The van der Waals surface area contributed by atoms with Gasteiger partial charge in [0, 0.05) is 16.1 Å². The highest BCUT2D eigenvalue weighted by atomic mass is 35.5. The van der Waals surface area contributed by atoms with Gasteiger partial charge in [-0.3, -0.25) is 9.59 Å². The lowest BCUT2D eigenvalue weighted by atomic mass is 10.1. The van der Waals surface area contributed by atoms with Gasteiger partial charge >= 0.3 is 0 Å². The van der Waals surface area contributed by atoms with Crippen LogP contribution in [0.25, 0.3) is 0 Å². The van der Waals surface area contributed by atoms with Crippen LogP contribution in [-0.4, -0.2) is 27.3 Å². The first kappa shape index (κ1) is 23.0. The van der Waals surface area contributed by atoms with Crippen molar-refractivity contribution in [1.82, 2.24) is 4.72 Å². The number of aryl methyl sites for hydroxylation is 1. The smallest absolute Gasteiger partial charge is 0.266 e. The summed E-state index contributed by atoms with van der Waals surface area (Å²) in [6.45, 7) is 3.40. The number of thiophene rings is 1. The number of carbonyl (C=O) groups excluding carboxylic acids is 2. The molecular weight excluding hydrogens is 458 g/mol. The van der Waals surface area contributed by atoms with Crippen LogP contribution in [0.1, 0.15) is 31.2 Å². The van der Waals surface area contributed by atoms with Gasteiger partial charge in [-0.1, -0.05) is 23.2 Å². The minimum absolute atomic E-state index is 0.0507. The van der Waals surface area contributed by atoms with Crippen LogP contribution in [0.15, 0.2) is 52.7 Å². The Kier molecular flexibility index (Phi) is 6.80. The second-order valence-corrected chi connectivity index (χ2v) is 9.90. The summed E-state index contributed by atoms with van der Waals surface area (Å²) in [5, 5.41) is 7.47. The third-order valence-corrected chi connectivity index (χ3v) is 7.55. The molecule has 1 aromatic heterocycles. The lowest BCUT2D eigenvalue weighted by molar-refractivity contribution is 0.102. The molecule has 0 aliphatic rings. The minimum Gasteiger partial charge on any atom is -0.322 e. The van der Waals surface area contributed by atoms with Crippen LogP contribution in [0.3, 0.4) is 0 Å². The van der Waals surface area contributed by atoms with Crippen molar-refractivity contribution in [3.8, 4) is 0 Å². The predicted octanol–water partition coefficient (Wildman–Crippen LogP) is 4.43. The number of sulfonamides is 1. The molecule has 0 atom stereocenters. The Labute approximate surface area is 189 Å². The van der Waals surface area contributed by atoms with E-state index in [9.17, 15) is 18.0 Å². The van der Waals surface area contributed by atoms with Crippen molar-refractivity contribution in [3.63, 3.8) is 0 Å². The molecule has 0 radical (unpaired) electrons. The summed E-state index contributed by atoms with van der Waals surface area (Å²) in [4.78, 5) is 26.0. The highest BCUT2D eigenvalue weighted by molar-refractivity contribution is 7.89. The molecule has 0 saturated heterocycles. The SMILES string of the molecule is CNS(=O)(=O)c1csc(C(=O)Nc2ccc(C)cc2C(=O)Nc2ccc(Cl)cc2)c1C. The lowest BCUT2D eigenvalue weighted by Gasteiger charge is -2.13. The molecule has 0 unspecified atom stereocenters. The van der Waals surface area contributed by atoms with Gasteiger partial charge in [0.05, 0.1) is 21.0 Å². The van der Waals surface area contributed by atoms with E-state index in [1.165, 1.54) is 12.4 Å². The Morgan fingerprint density at radius 1 is 0.968 bits per heavy atom. The van der Waals surface area contributed by atoms with Crippen LogP contribution in [-0.2, 0) is 10.0 Å². The Morgan fingerprint density at radius 2 is 1.65 bits per heavy atom. The molecule has 0 aliphatic heterocycles. The monoisotopic (exact) mass is 477 g/mol. The van der Waals surface area contributed by atoms with E-state index in [2.05, 4.69) is 15.4 Å². The molecule has 1 heterocycles. The van der Waals surface area contributed by atoms with Gasteiger partial charge in [-0.15, -0.1) is 11.3 Å². The van der Waals surface area contributed by atoms with Crippen LogP contribution in [0.5, 0.6) is 0 Å². The van der Waals surface area contributed by atoms with Gasteiger partial charge in [0.25, 0.3) is 11.8 Å². The zero-order chi connectivity index (χ0) is 22.8. The average Bonchev–Trinajstić information content (AvgIpc) is 3.13. The standard InChI is InChI=1S/C21H20ClN3O4S2/c1-12-4-9-17(16(10-12)20(26)24-15-7-5-14(22)6-8-15)25-21(27)19-13(2)18(11-30-19)31(28,29)23-3/h4-11,23H,1-3H3,(H,24,26)(H,25,27). The summed E-state index contributed by atoms with van der Waals surface area (Å²) < 4.78 is 26.4. The van der Waals surface area contributed by atoms with Gasteiger partial charge in [-0.2, -0.15) is 0 Å². The fraction of sp³-hybridized carbons (Fsp3) is 0.143. The first-order chi connectivity index (χ1) is 14.6. The maximum Gasteiger partial charge on any atom is 0.266 e. The molecular formula is C21H20ClN3O4S2. The van der Waals surface area contributed by atoms with Gasteiger partial charge in [-0.05, 0) is 62.9 Å². The third-order valence-electron chi connectivity index (χ3n) is 4.53. The number of hydrogen-bond acceptors (Lipinski definition) is 5. The fourth-order valence-corrected chi connectivity index (χ4v) is 5.28. The van der Waals surface area contributed by atoms with Crippen molar-refractivity contribution in [3.05, 3.63) is 74.4 Å². The van der Waals surface area contributed by atoms with Crippen molar-refractivity contribution in [2.75, 3.05) is 17.7 Å². The molecule has 0 fully saturated rings. The zero-order valence-electron chi connectivity index (χ0n) is 16.9. The summed E-state index contributed by atoms with van der Waals surface area (Å²) in [7, 11) is -2.36. The number of halogens is 1. The first-order valence-corrected chi connectivity index (χ1v) is 11.9. The Hall–Kier alpha value is -2.72. The third kappa shape index (κ3) is 5.13. The number of carbonyl (C=O) groups is 2. The average molecular weight is 478 g/mol. The van der Waals surface area contributed by atoms with Gasteiger partial charge in [0.15, 0.2) is 0 Å². The molecule has 0 bridgehead atoms. The normalized spacial score (nSPS) is 11.2. The molecule has 0 aliphatic carbocycles. The van der Waals surface area contributed by atoms with Crippen molar-refractivity contribution >= 4 is 56.2 Å². The van der Waals surface area contributed by atoms with Crippen molar-refractivity contribution in [2.45, 2.75) is 18.7 Å². The molecule has 31 heavy (non-hydrogen) atoms. The van der Waals surface area contributed by atoms with E-state index in [1.54, 1.807) is 49.4 Å². The summed E-state index contributed by atoms with van der Waals surface area (Å²) in [5.41, 5.74) is 2.34. The molecule has 162 valence electrons. The van der Waals surface area contributed by atoms with E-state index in [1.807, 2.05) is 6.92 Å². The van der Waals surface area contributed by atoms with E-state index in [4.69, 9.17) is 11.6 Å². The highest BCUT2D eigenvalue weighted by Gasteiger charge is 2.23. The number of rotatable bonds is 6. The summed E-state index contributed by atoms with van der Waals surface area (Å²) in [6, 6.07) is 11.7. The Balaban J connectivity index is 1.88. The van der Waals surface area contributed by atoms with Crippen molar-refractivity contribution in [2.24, 2.45) is 0 Å². The molecule has 7 nitrogen and oxygen atoms in total. The van der Waals surface area contributed by atoms with Crippen molar-refractivity contribution in [1.29, 1.82) is 0 Å². The molecule has 3 N–H and O–H groups in total. The van der Waals surface area contributed by atoms with E-state index in [-0.39, 0.29) is 15.3 Å². The Morgan fingerprint density at radius 3 is 2.29 bits per heavy atom. The predicted molar refractivity (Wildman–Crippen MR) is 124 cm³/mol. The van der Waals surface area contributed by atoms with Crippen LogP contribution in [0.4, 0.5) is 11.4 Å². The summed E-state index contributed by atoms with van der Waals surface area (Å²) in [6.07, 6.45) is 0. The topological polar surface area (TPSA) is 104 Å². The number of nitrogens with one attached hydrogen (secondary N) is 3. The molecule has 2 aromatic carbocycles. The molecule has 0 spiro atoms. The molecule has 3 rings (SSSR count). The highest BCUT2D eigenvalue weighted by Crippen LogP contribution is 2.28. The molecule has 10 heteroatoms. The minimum atomic E-state index is -3.67. The van der Waals surface area contributed by atoms with E-state index >= 15 is 0 Å². The molecule has 2 amide bonds. The van der Waals surface area contributed by atoms with Gasteiger partial charge in [0.2, 0.25) is 10.0 Å². The van der Waals surface area contributed by atoms with Crippen LogP contribution in [0, 0.1) is 13.8 Å². The van der Waals surface area contributed by atoms with Crippen LogP contribution >= 0.6 is 22.9 Å². The maximum atomic E-state index is 12.9. The number of hydrogen-bond donors (Lipinski definition) is 3. The second kappa shape index (κ2) is 9.19. The summed E-state index contributed by atoms with van der Waals surface area (Å²) in [5.74, 6) is -0.896. The van der Waals surface area contributed by atoms with E-state index < -0.39 is 21.8 Å². The van der Waals surface area contributed by atoms with Gasteiger partial charge in [0.1, 0.15) is 0 Å². The molecule has 3 aromatic rings. The van der Waals surface area contributed by atoms with E-state index in [0.29, 0.717) is 22.0 Å². The van der Waals surface area contributed by atoms with E-state index in [0.717, 1.165) is 16.9 Å². The quantitative estimate of drug-likeness (QED) is 0.488. The fourth-order valence-electron chi connectivity index (χ4n) is 2.87. The number of amides is 2. The van der Waals surface area contributed by atoms with Crippen LogP contribution in [0.2, 0.25) is 5.02 Å². The van der Waals surface area contributed by atoms with Crippen molar-refractivity contribution < 1.29 is 18.0 Å².